The fourth-order valence-corrected chi connectivity index (χ4v) is 3.57. The summed E-state index contributed by atoms with van der Waals surface area (Å²) in [5.41, 5.74) is 1.12. The number of hydrogen-bond donors (Lipinski definition) is 1. The maximum atomic E-state index is 13.5. The van der Waals surface area contributed by atoms with Gasteiger partial charge in [0.2, 0.25) is 0 Å². The summed E-state index contributed by atoms with van der Waals surface area (Å²) in [5.74, 6) is 0.188. The number of halogens is 2. The highest BCUT2D eigenvalue weighted by Gasteiger charge is 2.18. The summed E-state index contributed by atoms with van der Waals surface area (Å²) in [6.45, 7) is 2.51. The van der Waals surface area contributed by atoms with Crippen molar-refractivity contribution in [3.8, 4) is 11.5 Å². The molecule has 1 aliphatic heterocycles. The molecular formula is C22H21ClFN3O4. The molecular weight excluding hydrogens is 425 g/mol. The van der Waals surface area contributed by atoms with Gasteiger partial charge in [-0.05, 0) is 37.1 Å². The Bertz CT molecular complexity index is 1110. The van der Waals surface area contributed by atoms with Gasteiger partial charge in [-0.2, -0.15) is 0 Å². The first kappa shape index (κ1) is 21.3. The van der Waals surface area contributed by atoms with Crippen LogP contribution < -0.4 is 14.8 Å². The Balaban J connectivity index is 1.64. The van der Waals surface area contributed by atoms with E-state index in [0.29, 0.717) is 34.8 Å². The second-order valence-electron chi connectivity index (χ2n) is 7.16. The number of esters is 1. The molecule has 0 saturated carbocycles. The normalized spacial score (nSPS) is 15.8. The van der Waals surface area contributed by atoms with Gasteiger partial charge in [-0.3, -0.25) is 4.79 Å². The van der Waals surface area contributed by atoms with Crippen molar-refractivity contribution in [2.45, 2.75) is 32.3 Å². The van der Waals surface area contributed by atoms with Crippen molar-refractivity contribution >= 4 is 40.0 Å². The van der Waals surface area contributed by atoms with Crippen LogP contribution in [0.2, 0.25) is 5.02 Å². The molecule has 1 atom stereocenters. The summed E-state index contributed by atoms with van der Waals surface area (Å²) in [7, 11) is 0. The first-order valence-electron chi connectivity index (χ1n) is 9.93. The van der Waals surface area contributed by atoms with Gasteiger partial charge >= 0.3 is 5.97 Å². The first-order valence-corrected chi connectivity index (χ1v) is 10.3. The van der Waals surface area contributed by atoms with Gasteiger partial charge in [0, 0.05) is 37.1 Å². The summed E-state index contributed by atoms with van der Waals surface area (Å²) >= 11 is 5.88. The van der Waals surface area contributed by atoms with E-state index in [0.717, 1.165) is 25.9 Å². The van der Waals surface area contributed by atoms with Crippen molar-refractivity contribution in [1.29, 1.82) is 0 Å². The molecule has 9 heteroatoms. The minimum atomic E-state index is -0.507. The number of hydrogen-bond acceptors (Lipinski definition) is 7. The molecule has 1 N–H and O–H groups in total. The lowest BCUT2D eigenvalue weighted by atomic mass is 10.2. The van der Waals surface area contributed by atoms with E-state index in [1.807, 2.05) is 0 Å². The molecule has 162 valence electrons. The molecule has 31 heavy (non-hydrogen) atoms. The van der Waals surface area contributed by atoms with Gasteiger partial charge in [0.05, 0.1) is 23.3 Å². The van der Waals surface area contributed by atoms with Crippen LogP contribution in [-0.2, 0) is 9.53 Å². The quantitative estimate of drug-likeness (QED) is 0.403. The molecule has 0 amide bonds. The number of rotatable bonds is 7. The lowest BCUT2D eigenvalue weighted by molar-refractivity contribution is -0.132. The predicted octanol–water partition coefficient (Wildman–Crippen LogP) is 5.04. The van der Waals surface area contributed by atoms with Crippen LogP contribution in [0.4, 0.5) is 15.9 Å². The molecule has 4 rings (SSSR count). The smallest absolute Gasteiger partial charge is 0.308 e. The number of fused-ring (bicyclic) bond motifs is 1. The van der Waals surface area contributed by atoms with E-state index < -0.39 is 11.8 Å². The second kappa shape index (κ2) is 9.45. The van der Waals surface area contributed by atoms with Crippen LogP contribution in [0.3, 0.4) is 0 Å². The van der Waals surface area contributed by atoms with Crippen molar-refractivity contribution in [1.82, 2.24) is 9.97 Å². The van der Waals surface area contributed by atoms with Crippen LogP contribution in [0.1, 0.15) is 26.2 Å². The van der Waals surface area contributed by atoms with Crippen molar-refractivity contribution in [3.05, 3.63) is 47.5 Å². The molecule has 3 aromatic rings. The standard InChI is InChI=1S/C22H21ClFN3O4/c1-13(28)31-21-11-19-16(10-20(21)30-8-6-15-3-2-7-29-15)22(26-12-25-19)27-14-4-5-18(24)17(23)9-14/h4-5,9-12,15H,2-3,6-8H2,1H3,(H,25,26,27)/t15-/m0/s1. The summed E-state index contributed by atoms with van der Waals surface area (Å²) < 4.78 is 30.4. The summed E-state index contributed by atoms with van der Waals surface area (Å²) in [5, 5.41) is 3.76. The minimum Gasteiger partial charge on any atom is -0.490 e. The fraction of sp³-hybridized carbons (Fsp3) is 0.318. The zero-order valence-electron chi connectivity index (χ0n) is 16.9. The zero-order valence-corrected chi connectivity index (χ0v) is 17.6. The Morgan fingerprint density at radius 3 is 2.90 bits per heavy atom. The summed E-state index contributed by atoms with van der Waals surface area (Å²) in [6.07, 6.45) is 4.37. The van der Waals surface area contributed by atoms with Crippen LogP contribution in [0, 0.1) is 5.82 Å². The summed E-state index contributed by atoms with van der Waals surface area (Å²) in [4.78, 5) is 20.1. The highest BCUT2D eigenvalue weighted by Crippen LogP contribution is 2.35. The van der Waals surface area contributed by atoms with Gasteiger partial charge in [0.1, 0.15) is 18.0 Å². The van der Waals surface area contributed by atoms with Crippen molar-refractivity contribution < 1.29 is 23.4 Å². The Kier molecular flexibility index (Phi) is 6.48. The number of carbonyl (C=O) groups is 1. The molecule has 2 heterocycles. The van der Waals surface area contributed by atoms with Crippen LogP contribution in [0.25, 0.3) is 10.9 Å². The number of aromatic nitrogens is 2. The molecule has 2 aromatic carbocycles. The van der Waals surface area contributed by atoms with Crippen LogP contribution in [0.5, 0.6) is 11.5 Å². The number of benzene rings is 2. The number of ether oxygens (including phenoxy) is 3. The average molecular weight is 446 g/mol. The van der Waals surface area contributed by atoms with E-state index in [-0.39, 0.29) is 16.9 Å². The van der Waals surface area contributed by atoms with Crippen LogP contribution >= 0.6 is 11.6 Å². The molecule has 0 bridgehead atoms. The van der Waals surface area contributed by atoms with Crippen LogP contribution in [-0.4, -0.2) is 35.3 Å². The largest absolute Gasteiger partial charge is 0.490 e. The lowest BCUT2D eigenvalue weighted by Gasteiger charge is -2.15. The molecule has 1 saturated heterocycles. The van der Waals surface area contributed by atoms with Gasteiger partial charge in [-0.1, -0.05) is 11.6 Å². The molecule has 0 spiro atoms. The number of nitrogens with one attached hydrogen (secondary N) is 1. The van der Waals surface area contributed by atoms with E-state index in [1.54, 1.807) is 18.2 Å². The molecule has 0 aliphatic carbocycles. The maximum absolute atomic E-state index is 13.5. The number of nitrogens with zero attached hydrogens (tertiary/aromatic N) is 2. The SMILES string of the molecule is CC(=O)Oc1cc2ncnc(Nc3ccc(F)c(Cl)c3)c2cc1OCC[C@@H]1CCCO1. The van der Waals surface area contributed by atoms with Crippen molar-refractivity contribution in [2.75, 3.05) is 18.5 Å². The van der Waals surface area contributed by atoms with Gasteiger partial charge in [0.15, 0.2) is 11.5 Å². The first-order chi connectivity index (χ1) is 15.0. The van der Waals surface area contributed by atoms with Crippen molar-refractivity contribution in [2.24, 2.45) is 0 Å². The van der Waals surface area contributed by atoms with E-state index in [2.05, 4.69) is 15.3 Å². The number of anilines is 2. The van der Waals surface area contributed by atoms with Crippen molar-refractivity contribution in [3.63, 3.8) is 0 Å². The molecule has 1 aliphatic rings. The lowest BCUT2D eigenvalue weighted by Crippen LogP contribution is -2.12. The highest BCUT2D eigenvalue weighted by atomic mass is 35.5. The predicted molar refractivity (Wildman–Crippen MR) is 115 cm³/mol. The highest BCUT2D eigenvalue weighted by molar-refractivity contribution is 6.31. The van der Waals surface area contributed by atoms with E-state index >= 15 is 0 Å². The number of carbonyl (C=O) groups excluding carboxylic acids is 1. The van der Waals surface area contributed by atoms with Gasteiger partial charge in [-0.15, -0.1) is 0 Å². The van der Waals surface area contributed by atoms with Gasteiger partial charge < -0.3 is 19.5 Å². The van der Waals surface area contributed by atoms with Gasteiger partial charge in [0.25, 0.3) is 0 Å². The van der Waals surface area contributed by atoms with Gasteiger partial charge in [-0.25, -0.2) is 14.4 Å². The molecule has 0 unspecified atom stereocenters. The third-order valence-corrected chi connectivity index (χ3v) is 5.15. The topological polar surface area (TPSA) is 82.6 Å². The monoisotopic (exact) mass is 445 g/mol. The Morgan fingerprint density at radius 2 is 2.16 bits per heavy atom. The Hall–Kier alpha value is -2.97. The van der Waals surface area contributed by atoms with Crippen LogP contribution in [0.15, 0.2) is 36.7 Å². The second-order valence-corrected chi connectivity index (χ2v) is 7.57. The summed E-state index contributed by atoms with van der Waals surface area (Å²) in [6, 6.07) is 7.64. The van der Waals surface area contributed by atoms with E-state index in [1.165, 1.54) is 25.4 Å². The Labute approximate surface area is 183 Å². The van der Waals surface area contributed by atoms with E-state index in [4.69, 9.17) is 25.8 Å². The average Bonchev–Trinajstić information content (AvgIpc) is 3.24. The molecule has 7 nitrogen and oxygen atoms in total. The third kappa shape index (κ3) is 5.21. The maximum Gasteiger partial charge on any atom is 0.308 e. The zero-order chi connectivity index (χ0) is 21.8. The Morgan fingerprint density at radius 1 is 1.29 bits per heavy atom. The molecule has 1 aromatic heterocycles. The molecule has 0 radical (unpaired) electrons. The molecule has 1 fully saturated rings. The third-order valence-electron chi connectivity index (χ3n) is 4.86. The fourth-order valence-electron chi connectivity index (χ4n) is 3.39. The minimum absolute atomic E-state index is 0.00124. The van der Waals surface area contributed by atoms with E-state index in [9.17, 15) is 9.18 Å².